The Balaban J connectivity index is 1.96. The normalized spacial score (nSPS) is 32.4. The van der Waals surface area contributed by atoms with E-state index in [2.05, 4.69) is 6.58 Å². The van der Waals surface area contributed by atoms with Crippen molar-refractivity contribution < 1.29 is 19.1 Å². The number of nitrogens with zero attached hydrogens (tertiary/aromatic N) is 1. The van der Waals surface area contributed by atoms with Gasteiger partial charge in [-0.2, -0.15) is 0 Å². The lowest BCUT2D eigenvalue weighted by atomic mass is 9.95. The third kappa shape index (κ3) is 1.37. The summed E-state index contributed by atoms with van der Waals surface area (Å²) >= 11 is 0. The van der Waals surface area contributed by atoms with Crippen molar-refractivity contribution in [2.24, 2.45) is 5.92 Å². The van der Waals surface area contributed by atoms with Gasteiger partial charge in [0.25, 0.3) is 0 Å². The molecule has 0 aromatic carbocycles. The second kappa shape index (κ2) is 3.95. The molecule has 0 radical (unpaired) electrons. The Morgan fingerprint density at radius 3 is 3.11 bits per heavy atom. The van der Waals surface area contributed by atoms with Gasteiger partial charge in [-0.15, -0.1) is 0 Å². The number of hydrogen-bond acceptors (Lipinski definition) is 4. The summed E-state index contributed by atoms with van der Waals surface area (Å²) in [6, 6.07) is 0. The Bertz CT molecular complexity index is 468. The summed E-state index contributed by atoms with van der Waals surface area (Å²) in [4.78, 5) is 25.2. The zero-order chi connectivity index (χ0) is 12.9. The summed E-state index contributed by atoms with van der Waals surface area (Å²) in [5.41, 5.74) is 0.762. The lowest BCUT2D eigenvalue weighted by molar-refractivity contribution is -0.135. The Morgan fingerprint density at radius 2 is 2.44 bits per heavy atom. The van der Waals surface area contributed by atoms with E-state index in [0.717, 1.165) is 18.2 Å². The van der Waals surface area contributed by atoms with Crippen molar-refractivity contribution in [3.63, 3.8) is 0 Å². The molecule has 0 saturated carbocycles. The van der Waals surface area contributed by atoms with Gasteiger partial charge in [0.1, 0.15) is 12.2 Å². The second-order valence-corrected chi connectivity index (χ2v) is 4.75. The van der Waals surface area contributed by atoms with Gasteiger partial charge in [-0.25, -0.2) is 4.79 Å². The highest BCUT2D eigenvalue weighted by molar-refractivity contribution is 5.88. The Labute approximate surface area is 105 Å². The molecular formula is C13H15NO4. The Kier molecular flexibility index (Phi) is 2.52. The first-order chi connectivity index (χ1) is 8.67. The molecule has 3 heterocycles. The highest BCUT2D eigenvalue weighted by Crippen LogP contribution is 2.50. The fraction of sp³-hybridized carbons (Fsp3) is 0.538. The third-order valence-corrected chi connectivity index (χ3v) is 3.66. The van der Waals surface area contributed by atoms with Gasteiger partial charge in [0, 0.05) is 12.6 Å². The van der Waals surface area contributed by atoms with E-state index >= 15 is 0 Å². The molecule has 18 heavy (non-hydrogen) atoms. The molecule has 5 nitrogen and oxygen atoms in total. The summed E-state index contributed by atoms with van der Waals surface area (Å²) in [5, 5.41) is 0. The number of fused-ring (bicyclic) bond motifs is 1. The molecule has 0 aromatic rings. The van der Waals surface area contributed by atoms with Gasteiger partial charge >= 0.3 is 5.97 Å². The average Bonchev–Trinajstić information content (AvgIpc) is 2.97. The smallest absolute Gasteiger partial charge is 0.335 e. The molecule has 3 rings (SSSR count). The lowest BCUT2D eigenvalue weighted by Gasteiger charge is -2.17. The first-order valence-electron chi connectivity index (χ1n) is 6.22. The number of likely N-dealkylation sites (tertiary alicyclic amines) is 1. The van der Waals surface area contributed by atoms with Crippen LogP contribution in [0.25, 0.3) is 0 Å². The molecule has 3 unspecified atom stereocenters. The minimum Gasteiger partial charge on any atom is -0.423 e. The molecule has 1 amide bonds. The van der Waals surface area contributed by atoms with E-state index in [1.54, 1.807) is 4.90 Å². The summed E-state index contributed by atoms with van der Waals surface area (Å²) in [6.07, 6.45) is 2.15. The summed E-state index contributed by atoms with van der Waals surface area (Å²) in [7, 11) is 0. The van der Waals surface area contributed by atoms with Crippen LogP contribution in [0.3, 0.4) is 0 Å². The third-order valence-electron chi connectivity index (χ3n) is 3.66. The maximum absolute atomic E-state index is 12.2. The van der Waals surface area contributed by atoms with Crippen LogP contribution in [0.2, 0.25) is 0 Å². The van der Waals surface area contributed by atoms with Crippen LogP contribution < -0.4 is 0 Å². The van der Waals surface area contributed by atoms with Crippen LogP contribution in [0.15, 0.2) is 24.1 Å². The SMILES string of the molecule is C=CC(=O)OC1=C2C3OC1CC3C(=O)N2CCC. The van der Waals surface area contributed by atoms with E-state index in [4.69, 9.17) is 9.47 Å². The number of hydrogen-bond donors (Lipinski definition) is 0. The van der Waals surface area contributed by atoms with Gasteiger partial charge in [-0.1, -0.05) is 13.5 Å². The minimum absolute atomic E-state index is 0.0808. The van der Waals surface area contributed by atoms with Crippen molar-refractivity contribution in [2.45, 2.75) is 32.0 Å². The molecule has 2 saturated heterocycles. The fourth-order valence-corrected chi connectivity index (χ4v) is 2.97. The van der Waals surface area contributed by atoms with Crippen molar-refractivity contribution in [3.8, 4) is 0 Å². The van der Waals surface area contributed by atoms with Crippen LogP contribution in [0, 0.1) is 5.92 Å². The maximum atomic E-state index is 12.2. The number of rotatable bonds is 4. The molecule has 0 aliphatic carbocycles. The predicted molar refractivity (Wildman–Crippen MR) is 62.1 cm³/mol. The molecule has 3 aliphatic heterocycles. The van der Waals surface area contributed by atoms with Crippen LogP contribution in [-0.2, 0) is 19.1 Å². The molecule has 0 aromatic heterocycles. The lowest BCUT2D eigenvalue weighted by Crippen LogP contribution is -2.26. The van der Waals surface area contributed by atoms with Crippen molar-refractivity contribution in [3.05, 3.63) is 24.1 Å². The molecule has 0 spiro atoms. The molecule has 96 valence electrons. The second-order valence-electron chi connectivity index (χ2n) is 4.75. The van der Waals surface area contributed by atoms with Gasteiger partial charge in [0.15, 0.2) is 5.76 Å². The zero-order valence-corrected chi connectivity index (χ0v) is 10.2. The van der Waals surface area contributed by atoms with Crippen LogP contribution in [-0.4, -0.2) is 35.5 Å². The van der Waals surface area contributed by atoms with Crippen molar-refractivity contribution in [2.75, 3.05) is 6.54 Å². The van der Waals surface area contributed by atoms with Crippen molar-refractivity contribution in [1.29, 1.82) is 0 Å². The predicted octanol–water partition coefficient (Wildman–Crippen LogP) is 0.967. The Morgan fingerprint density at radius 1 is 1.67 bits per heavy atom. The molecule has 2 fully saturated rings. The minimum atomic E-state index is -0.499. The van der Waals surface area contributed by atoms with Gasteiger partial charge in [-0.3, -0.25) is 4.79 Å². The zero-order valence-electron chi connectivity index (χ0n) is 10.2. The highest BCUT2D eigenvalue weighted by Gasteiger charge is 2.59. The van der Waals surface area contributed by atoms with E-state index in [9.17, 15) is 9.59 Å². The van der Waals surface area contributed by atoms with Crippen molar-refractivity contribution >= 4 is 11.9 Å². The molecule has 2 bridgehead atoms. The van der Waals surface area contributed by atoms with E-state index in [1.807, 2.05) is 6.92 Å². The van der Waals surface area contributed by atoms with Gasteiger partial charge in [0.2, 0.25) is 5.91 Å². The fourth-order valence-electron chi connectivity index (χ4n) is 2.97. The molecular weight excluding hydrogens is 234 g/mol. The largest absolute Gasteiger partial charge is 0.423 e. The number of esters is 1. The van der Waals surface area contributed by atoms with Crippen molar-refractivity contribution in [1.82, 2.24) is 4.90 Å². The van der Waals surface area contributed by atoms with Gasteiger partial charge in [0.05, 0.1) is 11.6 Å². The first-order valence-corrected chi connectivity index (χ1v) is 6.22. The van der Waals surface area contributed by atoms with Crippen LogP contribution in [0.1, 0.15) is 19.8 Å². The highest BCUT2D eigenvalue weighted by atomic mass is 16.6. The van der Waals surface area contributed by atoms with Crippen LogP contribution in [0.5, 0.6) is 0 Å². The number of carbonyl (C=O) groups is 2. The quantitative estimate of drug-likeness (QED) is 0.550. The van der Waals surface area contributed by atoms with E-state index in [1.165, 1.54) is 0 Å². The summed E-state index contributed by atoms with van der Waals surface area (Å²) < 4.78 is 11.0. The van der Waals surface area contributed by atoms with Gasteiger partial charge in [-0.05, 0) is 12.8 Å². The topological polar surface area (TPSA) is 55.8 Å². The molecule has 3 aliphatic rings. The summed E-state index contributed by atoms with van der Waals surface area (Å²) in [6.45, 7) is 6.03. The van der Waals surface area contributed by atoms with Gasteiger partial charge < -0.3 is 14.4 Å². The molecule has 0 N–H and O–H groups in total. The van der Waals surface area contributed by atoms with Crippen LogP contribution in [0.4, 0.5) is 0 Å². The number of carbonyl (C=O) groups excluding carboxylic acids is 2. The summed E-state index contributed by atoms with van der Waals surface area (Å²) in [5.74, 6) is 0.0354. The number of ether oxygens (including phenoxy) is 2. The van der Waals surface area contributed by atoms with Crippen LogP contribution >= 0.6 is 0 Å². The Hall–Kier alpha value is -1.62. The van der Waals surface area contributed by atoms with E-state index in [-0.39, 0.29) is 24.0 Å². The standard InChI is InChI=1S/C13H15NO4/c1-3-5-14-10-11-7(13(14)16)6-8(17-11)12(10)18-9(15)4-2/h4,7-8,11H,2-3,5-6H2,1H3. The monoisotopic (exact) mass is 249 g/mol. The van der Waals surface area contributed by atoms with E-state index in [0.29, 0.717) is 18.7 Å². The molecule has 5 heteroatoms. The first kappa shape index (κ1) is 11.5. The maximum Gasteiger partial charge on any atom is 0.335 e. The van der Waals surface area contributed by atoms with E-state index < -0.39 is 5.97 Å². The number of amides is 1. The average molecular weight is 249 g/mol. The molecule has 3 atom stereocenters.